The highest BCUT2D eigenvalue weighted by Gasteiger charge is 2.19. The van der Waals surface area contributed by atoms with E-state index in [1.54, 1.807) is 0 Å². The molecular formula is C10H14O. The van der Waals surface area contributed by atoms with Gasteiger partial charge in [-0.1, -0.05) is 19.3 Å². The quantitative estimate of drug-likeness (QED) is 0.561. The molecule has 0 aromatic rings. The van der Waals surface area contributed by atoms with Crippen LogP contribution in [0, 0.1) is 18.3 Å². The first-order valence-corrected chi connectivity index (χ1v) is 4.28. The molecular weight excluding hydrogens is 136 g/mol. The Bertz CT molecular complexity index is 172. The smallest absolute Gasteiger partial charge is 0.134 e. The maximum Gasteiger partial charge on any atom is 0.134 e. The van der Waals surface area contributed by atoms with Gasteiger partial charge in [0.25, 0.3) is 0 Å². The van der Waals surface area contributed by atoms with Gasteiger partial charge in [-0.2, -0.15) is 0 Å². The topological polar surface area (TPSA) is 17.1 Å². The molecule has 0 saturated heterocycles. The van der Waals surface area contributed by atoms with Gasteiger partial charge in [-0.3, -0.25) is 4.79 Å². The molecule has 0 aromatic heterocycles. The third-order valence-electron chi connectivity index (χ3n) is 2.29. The monoisotopic (exact) mass is 150 g/mol. The molecule has 0 aromatic carbocycles. The van der Waals surface area contributed by atoms with Gasteiger partial charge in [0.1, 0.15) is 5.78 Å². The Labute approximate surface area is 68.2 Å². The molecule has 0 aliphatic heterocycles. The predicted octanol–water partition coefficient (Wildman–Crippen LogP) is 2.16. The fourth-order valence-electron chi connectivity index (χ4n) is 1.33. The van der Waals surface area contributed by atoms with E-state index in [9.17, 15) is 4.79 Å². The number of rotatable bonds is 4. The molecule has 1 saturated carbocycles. The summed E-state index contributed by atoms with van der Waals surface area (Å²) >= 11 is 0. The molecule has 1 aliphatic rings. The Balaban J connectivity index is 2.06. The standard InChI is InChI=1S/C10H14O/c1-2-3-7-10(11)8-9-5-4-6-9/h1,9H,3-8H2. The fraction of sp³-hybridized carbons (Fsp3) is 0.700. The Kier molecular flexibility index (Phi) is 3.16. The van der Waals surface area contributed by atoms with Crippen molar-refractivity contribution in [1.29, 1.82) is 0 Å². The van der Waals surface area contributed by atoms with Crippen LogP contribution in [0.2, 0.25) is 0 Å². The van der Waals surface area contributed by atoms with E-state index in [0.29, 0.717) is 24.5 Å². The first kappa shape index (κ1) is 8.33. The van der Waals surface area contributed by atoms with E-state index >= 15 is 0 Å². The van der Waals surface area contributed by atoms with Crippen molar-refractivity contribution in [1.82, 2.24) is 0 Å². The highest BCUT2D eigenvalue weighted by Crippen LogP contribution is 2.29. The van der Waals surface area contributed by atoms with Crippen molar-refractivity contribution in [2.75, 3.05) is 0 Å². The molecule has 60 valence electrons. The molecule has 0 heterocycles. The van der Waals surface area contributed by atoms with Crippen molar-refractivity contribution in [3.8, 4) is 12.3 Å². The van der Waals surface area contributed by atoms with E-state index in [4.69, 9.17) is 6.42 Å². The largest absolute Gasteiger partial charge is 0.300 e. The Morgan fingerprint density at radius 3 is 2.73 bits per heavy atom. The molecule has 11 heavy (non-hydrogen) atoms. The van der Waals surface area contributed by atoms with Crippen LogP contribution in [0.3, 0.4) is 0 Å². The van der Waals surface area contributed by atoms with Gasteiger partial charge in [0, 0.05) is 19.3 Å². The summed E-state index contributed by atoms with van der Waals surface area (Å²) in [6, 6.07) is 0. The van der Waals surface area contributed by atoms with Crippen molar-refractivity contribution < 1.29 is 4.79 Å². The van der Waals surface area contributed by atoms with Crippen molar-refractivity contribution in [2.24, 2.45) is 5.92 Å². The number of carbonyl (C=O) groups excluding carboxylic acids is 1. The average molecular weight is 150 g/mol. The van der Waals surface area contributed by atoms with E-state index in [2.05, 4.69) is 5.92 Å². The summed E-state index contributed by atoms with van der Waals surface area (Å²) in [4.78, 5) is 11.1. The average Bonchev–Trinajstić information content (AvgIpc) is 1.93. The van der Waals surface area contributed by atoms with Crippen molar-refractivity contribution >= 4 is 5.78 Å². The van der Waals surface area contributed by atoms with Crippen LogP contribution in [0.15, 0.2) is 0 Å². The molecule has 0 amide bonds. The molecule has 0 atom stereocenters. The number of hydrogen-bond donors (Lipinski definition) is 0. The third kappa shape index (κ3) is 2.76. The van der Waals surface area contributed by atoms with E-state index in [1.165, 1.54) is 19.3 Å². The summed E-state index contributed by atoms with van der Waals surface area (Å²) in [5, 5.41) is 0. The first-order chi connectivity index (χ1) is 5.33. The van der Waals surface area contributed by atoms with Gasteiger partial charge in [-0.15, -0.1) is 12.3 Å². The first-order valence-electron chi connectivity index (χ1n) is 4.28. The summed E-state index contributed by atoms with van der Waals surface area (Å²) < 4.78 is 0. The number of carbonyl (C=O) groups is 1. The maximum atomic E-state index is 11.1. The number of ketones is 1. The Hall–Kier alpha value is -0.770. The summed E-state index contributed by atoms with van der Waals surface area (Å²) in [6.07, 6.45) is 10.9. The number of hydrogen-bond acceptors (Lipinski definition) is 1. The van der Waals surface area contributed by atoms with Crippen molar-refractivity contribution in [2.45, 2.75) is 38.5 Å². The van der Waals surface area contributed by atoms with Crippen molar-refractivity contribution in [3.05, 3.63) is 0 Å². The van der Waals surface area contributed by atoms with Crippen LogP contribution in [0.4, 0.5) is 0 Å². The maximum absolute atomic E-state index is 11.1. The molecule has 0 spiro atoms. The molecule has 1 fully saturated rings. The Morgan fingerprint density at radius 2 is 2.27 bits per heavy atom. The molecule has 1 rings (SSSR count). The van der Waals surface area contributed by atoms with Gasteiger partial charge in [-0.05, 0) is 5.92 Å². The Morgan fingerprint density at radius 1 is 1.55 bits per heavy atom. The molecule has 0 bridgehead atoms. The van der Waals surface area contributed by atoms with E-state index < -0.39 is 0 Å². The summed E-state index contributed by atoms with van der Waals surface area (Å²) in [5.74, 6) is 3.54. The summed E-state index contributed by atoms with van der Waals surface area (Å²) in [5.41, 5.74) is 0. The lowest BCUT2D eigenvalue weighted by Crippen LogP contribution is -2.15. The normalized spacial score (nSPS) is 17.0. The van der Waals surface area contributed by atoms with Crippen LogP contribution < -0.4 is 0 Å². The van der Waals surface area contributed by atoms with E-state index in [1.807, 2.05) is 0 Å². The predicted molar refractivity (Wildman–Crippen MR) is 45.0 cm³/mol. The molecule has 0 radical (unpaired) electrons. The number of terminal acetylenes is 1. The van der Waals surface area contributed by atoms with Crippen LogP contribution >= 0.6 is 0 Å². The summed E-state index contributed by atoms with van der Waals surface area (Å²) in [7, 11) is 0. The van der Waals surface area contributed by atoms with Gasteiger partial charge in [0.05, 0.1) is 0 Å². The SMILES string of the molecule is C#CCCC(=O)CC1CCC1. The molecule has 0 unspecified atom stereocenters. The lowest BCUT2D eigenvalue weighted by Gasteiger charge is -2.24. The van der Waals surface area contributed by atoms with Gasteiger partial charge < -0.3 is 0 Å². The number of Topliss-reactive ketones (excluding diaryl/α,β-unsaturated/α-hetero) is 1. The van der Waals surface area contributed by atoms with Crippen LogP contribution in [0.25, 0.3) is 0 Å². The third-order valence-corrected chi connectivity index (χ3v) is 2.29. The highest BCUT2D eigenvalue weighted by molar-refractivity contribution is 5.78. The molecule has 0 N–H and O–H groups in total. The van der Waals surface area contributed by atoms with E-state index in [0.717, 1.165) is 6.42 Å². The lowest BCUT2D eigenvalue weighted by atomic mass is 9.81. The highest BCUT2D eigenvalue weighted by atomic mass is 16.1. The lowest BCUT2D eigenvalue weighted by molar-refractivity contribution is -0.120. The van der Waals surface area contributed by atoms with Crippen LogP contribution in [0.5, 0.6) is 0 Å². The summed E-state index contributed by atoms with van der Waals surface area (Å²) in [6.45, 7) is 0. The minimum absolute atomic E-state index is 0.354. The zero-order valence-electron chi connectivity index (χ0n) is 6.81. The van der Waals surface area contributed by atoms with Crippen LogP contribution in [-0.2, 0) is 4.79 Å². The minimum Gasteiger partial charge on any atom is -0.300 e. The zero-order chi connectivity index (χ0) is 8.10. The molecule has 1 heteroatoms. The zero-order valence-corrected chi connectivity index (χ0v) is 6.81. The second-order valence-corrected chi connectivity index (χ2v) is 3.24. The second kappa shape index (κ2) is 4.18. The van der Waals surface area contributed by atoms with Gasteiger partial charge in [-0.25, -0.2) is 0 Å². The van der Waals surface area contributed by atoms with Crippen LogP contribution in [0.1, 0.15) is 38.5 Å². The molecule has 1 aliphatic carbocycles. The molecule has 1 nitrogen and oxygen atoms in total. The van der Waals surface area contributed by atoms with Crippen molar-refractivity contribution in [3.63, 3.8) is 0 Å². The van der Waals surface area contributed by atoms with E-state index in [-0.39, 0.29) is 0 Å². The van der Waals surface area contributed by atoms with Gasteiger partial charge in [0.2, 0.25) is 0 Å². The van der Waals surface area contributed by atoms with Crippen LogP contribution in [-0.4, -0.2) is 5.78 Å². The minimum atomic E-state index is 0.354. The van der Waals surface area contributed by atoms with Gasteiger partial charge >= 0.3 is 0 Å². The fourth-order valence-corrected chi connectivity index (χ4v) is 1.33. The second-order valence-electron chi connectivity index (χ2n) is 3.24. The van der Waals surface area contributed by atoms with Gasteiger partial charge in [0.15, 0.2) is 0 Å².